The van der Waals surface area contributed by atoms with Gasteiger partial charge in [0.05, 0.1) is 13.1 Å². The lowest BCUT2D eigenvalue weighted by atomic mass is 10.1. The summed E-state index contributed by atoms with van der Waals surface area (Å²) in [5.74, 6) is 1.20. The van der Waals surface area contributed by atoms with E-state index in [-0.39, 0.29) is 36.4 Å². The van der Waals surface area contributed by atoms with Gasteiger partial charge in [0.25, 0.3) is 0 Å². The van der Waals surface area contributed by atoms with Gasteiger partial charge in [-0.3, -0.25) is 4.79 Å². The molecule has 1 aromatic rings. The minimum atomic E-state index is 0. The Bertz CT molecular complexity index is 515. The van der Waals surface area contributed by atoms with Crippen molar-refractivity contribution >= 4 is 35.8 Å². The molecule has 0 unspecified atom stereocenters. The van der Waals surface area contributed by atoms with Gasteiger partial charge in [-0.15, -0.1) is 24.0 Å². The Morgan fingerprint density at radius 1 is 1.26 bits per heavy atom. The molecule has 0 atom stereocenters. The zero-order valence-electron chi connectivity index (χ0n) is 14.7. The number of nitrogens with one attached hydrogen (secondary N) is 2. The molecule has 0 saturated carbocycles. The number of hydrogen-bond acceptors (Lipinski definition) is 2. The van der Waals surface area contributed by atoms with E-state index >= 15 is 0 Å². The second-order valence-corrected chi connectivity index (χ2v) is 6.07. The number of benzene rings is 1. The zero-order valence-corrected chi connectivity index (χ0v) is 17.0. The van der Waals surface area contributed by atoms with E-state index in [1.54, 1.807) is 19.0 Å². The summed E-state index contributed by atoms with van der Waals surface area (Å²) < 4.78 is 0. The van der Waals surface area contributed by atoms with Gasteiger partial charge in [-0.05, 0) is 18.4 Å². The van der Waals surface area contributed by atoms with Crippen LogP contribution in [0.25, 0.3) is 0 Å². The van der Waals surface area contributed by atoms with Crippen LogP contribution in [0.1, 0.15) is 25.0 Å². The SMILES string of the molecule is Cc1cccc(CN=C(NCC(=O)N(C)C)NCC(C)C)c1.I. The summed E-state index contributed by atoms with van der Waals surface area (Å²) in [6.45, 7) is 7.98. The maximum Gasteiger partial charge on any atom is 0.241 e. The Balaban J connectivity index is 0.00000484. The number of rotatable bonds is 6. The highest BCUT2D eigenvalue weighted by Crippen LogP contribution is 2.05. The lowest BCUT2D eigenvalue weighted by molar-refractivity contribution is -0.127. The van der Waals surface area contributed by atoms with Gasteiger partial charge in [-0.2, -0.15) is 0 Å². The number of aryl methyl sites for hydroxylation is 1. The molecular formula is C17H29IN4O. The highest BCUT2D eigenvalue weighted by molar-refractivity contribution is 14.0. The average Bonchev–Trinajstić information content (AvgIpc) is 2.45. The first-order valence-corrected chi connectivity index (χ1v) is 7.66. The van der Waals surface area contributed by atoms with Crippen LogP contribution >= 0.6 is 24.0 Å². The lowest BCUT2D eigenvalue weighted by Gasteiger charge is -2.16. The maximum absolute atomic E-state index is 11.7. The number of guanidine groups is 1. The molecule has 0 fully saturated rings. The molecule has 1 aromatic carbocycles. The van der Waals surface area contributed by atoms with Gasteiger partial charge in [0.1, 0.15) is 0 Å². The van der Waals surface area contributed by atoms with Gasteiger partial charge in [0.2, 0.25) is 5.91 Å². The standard InChI is InChI=1S/C17H28N4O.HI/c1-13(2)10-18-17(20-12-16(22)21(4)5)19-11-15-8-6-7-14(3)9-15;/h6-9,13H,10-12H2,1-5H3,(H2,18,19,20);1H. The highest BCUT2D eigenvalue weighted by Gasteiger charge is 2.06. The first-order chi connectivity index (χ1) is 10.4. The summed E-state index contributed by atoms with van der Waals surface area (Å²) in [5, 5.41) is 6.36. The Morgan fingerprint density at radius 2 is 1.96 bits per heavy atom. The number of aliphatic imine (C=N–C) groups is 1. The van der Waals surface area contributed by atoms with Crippen LogP contribution < -0.4 is 10.6 Å². The van der Waals surface area contributed by atoms with E-state index in [0.717, 1.165) is 12.1 Å². The van der Waals surface area contributed by atoms with E-state index in [2.05, 4.69) is 54.6 Å². The molecule has 1 rings (SSSR count). The first kappa shape index (κ1) is 21.7. The molecule has 1 amide bonds. The monoisotopic (exact) mass is 432 g/mol. The predicted octanol–water partition coefficient (Wildman–Crippen LogP) is 2.39. The molecule has 23 heavy (non-hydrogen) atoms. The van der Waals surface area contributed by atoms with Crippen LogP contribution in [0.4, 0.5) is 0 Å². The van der Waals surface area contributed by atoms with E-state index in [9.17, 15) is 4.79 Å². The molecule has 0 heterocycles. The summed E-state index contributed by atoms with van der Waals surface area (Å²) in [6.07, 6.45) is 0. The molecule has 0 bridgehead atoms. The third kappa shape index (κ3) is 9.43. The molecule has 0 aliphatic rings. The minimum Gasteiger partial charge on any atom is -0.356 e. The van der Waals surface area contributed by atoms with Gasteiger partial charge >= 0.3 is 0 Å². The van der Waals surface area contributed by atoms with E-state index in [1.165, 1.54) is 5.56 Å². The van der Waals surface area contributed by atoms with Crippen molar-refractivity contribution in [1.82, 2.24) is 15.5 Å². The first-order valence-electron chi connectivity index (χ1n) is 7.66. The fourth-order valence-electron chi connectivity index (χ4n) is 1.77. The number of halogens is 1. The molecular weight excluding hydrogens is 403 g/mol. The summed E-state index contributed by atoms with van der Waals surface area (Å²) >= 11 is 0. The van der Waals surface area contributed by atoms with Crippen LogP contribution in [0.5, 0.6) is 0 Å². The summed E-state index contributed by atoms with van der Waals surface area (Å²) in [5.41, 5.74) is 2.38. The van der Waals surface area contributed by atoms with E-state index in [1.807, 2.05) is 6.07 Å². The van der Waals surface area contributed by atoms with Crippen molar-refractivity contribution in [2.75, 3.05) is 27.2 Å². The molecule has 0 saturated heterocycles. The predicted molar refractivity (Wildman–Crippen MR) is 107 cm³/mol. The smallest absolute Gasteiger partial charge is 0.241 e. The topological polar surface area (TPSA) is 56.7 Å². The summed E-state index contributed by atoms with van der Waals surface area (Å²) in [4.78, 5) is 17.8. The Hall–Kier alpha value is -1.31. The van der Waals surface area contributed by atoms with Crippen LogP contribution in [0.15, 0.2) is 29.3 Å². The van der Waals surface area contributed by atoms with E-state index in [0.29, 0.717) is 18.4 Å². The van der Waals surface area contributed by atoms with Crippen LogP contribution in [0, 0.1) is 12.8 Å². The molecule has 5 nitrogen and oxygen atoms in total. The van der Waals surface area contributed by atoms with Crippen LogP contribution in [-0.4, -0.2) is 44.0 Å². The van der Waals surface area contributed by atoms with E-state index < -0.39 is 0 Å². The maximum atomic E-state index is 11.7. The zero-order chi connectivity index (χ0) is 16.5. The fraction of sp³-hybridized carbons (Fsp3) is 0.529. The van der Waals surface area contributed by atoms with Crippen LogP contribution in [0.2, 0.25) is 0 Å². The van der Waals surface area contributed by atoms with Gasteiger partial charge < -0.3 is 15.5 Å². The molecule has 2 N–H and O–H groups in total. The van der Waals surface area contributed by atoms with Crippen molar-refractivity contribution in [3.63, 3.8) is 0 Å². The lowest BCUT2D eigenvalue weighted by Crippen LogP contribution is -2.44. The number of amides is 1. The molecule has 0 aliphatic carbocycles. The number of nitrogens with zero attached hydrogens (tertiary/aromatic N) is 2. The third-order valence-electron chi connectivity index (χ3n) is 3.09. The second-order valence-electron chi connectivity index (χ2n) is 6.07. The fourth-order valence-corrected chi connectivity index (χ4v) is 1.77. The van der Waals surface area contributed by atoms with Gasteiger partial charge in [-0.25, -0.2) is 4.99 Å². The molecule has 0 spiro atoms. The van der Waals surface area contributed by atoms with Gasteiger partial charge in [0.15, 0.2) is 5.96 Å². The number of carbonyl (C=O) groups is 1. The number of likely N-dealkylation sites (N-methyl/N-ethyl adjacent to an activating group) is 1. The van der Waals surface area contributed by atoms with E-state index in [4.69, 9.17) is 0 Å². The quantitative estimate of drug-likeness (QED) is 0.413. The largest absolute Gasteiger partial charge is 0.356 e. The summed E-state index contributed by atoms with van der Waals surface area (Å²) in [6, 6.07) is 8.28. The van der Waals surface area contributed by atoms with Crippen LogP contribution in [-0.2, 0) is 11.3 Å². The molecule has 130 valence electrons. The van der Waals surface area contributed by atoms with Crippen LogP contribution in [0.3, 0.4) is 0 Å². The molecule has 0 radical (unpaired) electrons. The van der Waals surface area contributed by atoms with Crippen molar-refractivity contribution in [3.05, 3.63) is 35.4 Å². The van der Waals surface area contributed by atoms with Crippen molar-refractivity contribution in [2.24, 2.45) is 10.9 Å². The van der Waals surface area contributed by atoms with Gasteiger partial charge in [0, 0.05) is 20.6 Å². The van der Waals surface area contributed by atoms with Crippen molar-refractivity contribution in [2.45, 2.75) is 27.3 Å². The molecule has 0 aromatic heterocycles. The van der Waals surface area contributed by atoms with Crippen molar-refractivity contribution in [1.29, 1.82) is 0 Å². The van der Waals surface area contributed by atoms with Crippen molar-refractivity contribution in [3.8, 4) is 0 Å². The Labute approximate surface area is 157 Å². The molecule has 0 aliphatic heterocycles. The highest BCUT2D eigenvalue weighted by atomic mass is 127. The second kappa shape index (κ2) is 11.3. The average molecular weight is 432 g/mol. The van der Waals surface area contributed by atoms with Gasteiger partial charge in [-0.1, -0.05) is 43.7 Å². The summed E-state index contributed by atoms with van der Waals surface area (Å²) in [7, 11) is 3.49. The minimum absolute atomic E-state index is 0. The Morgan fingerprint density at radius 3 is 2.52 bits per heavy atom. The number of carbonyl (C=O) groups excluding carboxylic acids is 1. The number of hydrogen-bond donors (Lipinski definition) is 2. The Kier molecular flexibility index (Phi) is 10.6. The van der Waals surface area contributed by atoms with Crippen molar-refractivity contribution < 1.29 is 4.79 Å². The third-order valence-corrected chi connectivity index (χ3v) is 3.09. The molecule has 6 heteroatoms. The normalized spacial score (nSPS) is 11.0.